The molecular formula is C45H48Cl3N3O4. The molecule has 1 amide bonds. The van der Waals surface area contributed by atoms with E-state index in [-0.39, 0.29) is 18.3 Å². The van der Waals surface area contributed by atoms with Gasteiger partial charge in [0.25, 0.3) is 0 Å². The largest absolute Gasteiger partial charge is 0.493 e. The number of halogens is 3. The second-order valence-electron chi connectivity index (χ2n) is 13.9. The van der Waals surface area contributed by atoms with E-state index in [1.54, 1.807) is 30.5 Å². The lowest BCUT2D eigenvalue weighted by Gasteiger charge is -2.34. The van der Waals surface area contributed by atoms with E-state index in [4.69, 9.17) is 37.4 Å². The van der Waals surface area contributed by atoms with E-state index in [9.17, 15) is 4.79 Å². The fourth-order valence-electron chi connectivity index (χ4n) is 6.24. The quantitative estimate of drug-likeness (QED) is 0.0983. The lowest BCUT2D eigenvalue weighted by molar-refractivity contribution is -0.127. The molecule has 5 aromatic rings. The molecule has 2 heterocycles. The molecule has 1 aliphatic rings. The van der Waals surface area contributed by atoms with Crippen LogP contribution in [0.5, 0.6) is 23.1 Å². The van der Waals surface area contributed by atoms with E-state index in [2.05, 4.69) is 72.3 Å². The molecule has 0 unspecified atom stereocenters. The highest BCUT2D eigenvalue weighted by Crippen LogP contribution is 2.34. The van der Waals surface area contributed by atoms with E-state index in [0.29, 0.717) is 59.6 Å². The Hall–Kier alpha value is -4.53. The summed E-state index contributed by atoms with van der Waals surface area (Å²) < 4.78 is 17.8. The molecule has 0 N–H and O–H groups in total. The number of piperazine rings is 1. The van der Waals surface area contributed by atoms with Crippen molar-refractivity contribution in [3.05, 3.63) is 153 Å². The third kappa shape index (κ3) is 12.5. The first-order valence-electron chi connectivity index (χ1n) is 18.5. The number of hydrogen-bond acceptors (Lipinski definition) is 6. The van der Waals surface area contributed by atoms with Gasteiger partial charge in [-0.15, -0.1) is 12.4 Å². The summed E-state index contributed by atoms with van der Waals surface area (Å²) in [6.45, 7) is 11.4. The Labute approximate surface area is 341 Å². The predicted molar refractivity (Wildman–Crippen MR) is 225 cm³/mol. The Bertz CT molecular complexity index is 1970. The lowest BCUT2D eigenvalue weighted by Crippen LogP contribution is -2.47. The normalized spacial score (nSPS) is 13.2. The van der Waals surface area contributed by atoms with Crippen molar-refractivity contribution in [2.45, 2.75) is 46.1 Å². The minimum absolute atomic E-state index is 0. The molecule has 0 spiro atoms. The number of ether oxygens (including phenoxy) is 3. The van der Waals surface area contributed by atoms with Gasteiger partial charge in [0.2, 0.25) is 11.8 Å². The Morgan fingerprint density at radius 3 is 1.98 bits per heavy atom. The van der Waals surface area contributed by atoms with Crippen LogP contribution < -0.4 is 14.2 Å². The topological polar surface area (TPSA) is 64.1 Å². The van der Waals surface area contributed by atoms with Crippen molar-refractivity contribution in [1.82, 2.24) is 14.8 Å². The summed E-state index contributed by atoms with van der Waals surface area (Å²) >= 11 is 12.6. The molecule has 55 heavy (non-hydrogen) atoms. The van der Waals surface area contributed by atoms with Crippen LogP contribution in [0.3, 0.4) is 0 Å². The highest BCUT2D eigenvalue weighted by molar-refractivity contribution is 6.32. The predicted octanol–water partition coefficient (Wildman–Crippen LogP) is 10.6. The molecule has 1 saturated heterocycles. The van der Waals surface area contributed by atoms with Gasteiger partial charge >= 0.3 is 0 Å². The highest BCUT2D eigenvalue weighted by atomic mass is 35.5. The molecule has 1 aromatic heterocycles. The highest BCUT2D eigenvalue weighted by Gasteiger charge is 2.20. The summed E-state index contributed by atoms with van der Waals surface area (Å²) in [6.07, 6.45) is 6.68. The Morgan fingerprint density at radius 2 is 1.38 bits per heavy atom. The van der Waals surface area contributed by atoms with E-state index >= 15 is 0 Å². The number of rotatable bonds is 15. The number of carbonyl (C=O) groups is 1. The van der Waals surface area contributed by atoms with Crippen LogP contribution in [-0.2, 0) is 24.2 Å². The van der Waals surface area contributed by atoms with Gasteiger partial charge in [0.1, 0.15) is 11.5 Å². The number of aromatic nitrogens is 1. The maximum Gasteiger partial charge on any atom is 0.246 e. The van der Waals surface area contributed by atoms with Crippen molar-refractivity contribution in [3.63, 3.8) is 0 Å². The van der Waals surface area contributed by atoms with Crippen LogP contribution in [0.1, 0.15) is 53.1 Å². The van der Waals surface area contributed by atoms with Gasteiger partial charge in [0, 0.05) is 62.7 Å². The Balaban J connectivity index is 0.00000580. The van der Waals surface area contributed by atoms with Gasteiger partial charge in [0.05, 0.1) is 24.4 Å². The van der Waals surface area contributed by atoms with Crippen LogP contribution in [0, 0.1) is 6.92 Å². The summed E-state index contributed by atoms with van der Waals surface area (Å²) in [5.74, 6) is 3.00. The van der Waals surface area contributed by atoms with Crippen molar-refractivity contribution < 1.29 is 19.0 Å². The summed E-state index contributed by atoms with van der Waals surface area (Å²) in [5.41, 5.74) is 6.65. The summed E-state index contributed by atoms with van der Waals surface area (Å²) in [5, 5.41) is 1.16. The average molecular weight is 801 g/mol. The van der Waals surface area contributed by atoms with E-state index < -0.39 is 0 Å². The zero-order valence-electron chi connectivity index (χ0n) is 31.5. The average Bonchev–Trinajstić information content (AvgIpc) is 3.18. The summed E-state index contributed by atoms with van der Waals surface area (Å²) in [7, 11) is 0. The minimum Gasteiger partial charge on any atom is -0.493 e. The molecule has 0 atom stereocenters. The van der Waals surface area contributed by atoms with Gasteiger partial charge in [-0.05, 0) is 94.8 Å². The third-order valence-electron chi connectivity index (χ3n) is 9.48. The monoisotopic (exact) mass is 799 g/mol. The number of pyridine rings is 1. The van der Waals surface area contributed by atoms with E-state index in [0.717, 1.165) is 54.9 Å². The molecule has 0 saturated carbocycles. The van der Waals surface area contributed by atoms with Crippen LogP contribution >= 0.6 is 35.6 Å². The van der Waals surface area contributed by atoms with Crippen molar-refractivity contribution in [2.75, 3.05) is 39.4 Å². The van der Waals surface area contributed by atoms with Gasteiger partial charge in [-0.1, -0.05) is 85.6 Å². The van der Waals surface area contributed by atoms with Crippen molar-refractivity contribution >= 4 is 47.6 Å². The summed E-state index contributed by atoms with van der Waals surface area (Å²) in [4.78, 5) is 21.8. The SMILES string of the molecule is Cc1cc(/C=C/C(=O)N2CCN(Cc3ccc(CCOc4ccc(C(C)C)cc4)cc3)CC2)cc(Cl)c1Oc1ccc(OCCc2ccc(Cl)cc2)cn1.Cl. The molecule has 0 bridgehead atoms. The fraction of sp³-hybridized carbons (Fsp3) is 0.289. The van der Waals surface area contributed by atoms with Crippen molar-refractivity contribution in [3.8, 4) is 23.1 Å². The molecule has 1 aliphatic heterocycles. The standard InChI is InChI=1S/C45H47Cl2N3O4.ClH/c1-32(2)38-11-15-40(16-12-38)52-26-20-34-4-6-36(7-5-34)31-49-22-24-50(25-23-49)44(51)19-10-37-28-33(3)45(42(47)29-37)54-43-18-17-41(30-48-43)53-27-21-35-8-13-39(46)14-9-35;/h4-19,28-30,32H,20-27,31H2,1-3H3;1H/b19-10+;. The molecule has 6 rings (SSSR count). The second-order valence-corrected chi connectivity index (χ2v) is 14.7. The zero-order valence-corrected chi connectivity index (χ0v) is 33.9. The molecule has 0 aliphatic carbocycles. The molecule has 7 nitrogen and oxygen atoms in total. The molecule has 288 valence electrons. The second kappa shape index (κ2) is 20.4. The third-order valence-corrected chi connectivity index (χ3v) is 10.0. The zero-order chi connectivity index (χ0) is 37.9. The molecular weight excluding hydrogens is 753 g/mol. The van der Waals surface area contributed by atoms with Crippen molar-refractivity contribution in [1.29, 1.82) is 0 Å². The minimum atomic E-state index is -0.00846. The Morgan fingerprint density at radius 1 is 0.782 bits per heavy atom. The van der Waals surface area contributed by atoms with Crippen LogP contribution in [0.15, 0.2) is 109 Å². The van der Waals surface area contributed by atoms with Gasteiger partial charge in [-0.3, -0.25) is 9.69 Å². The van der Waals surface area contributed by atoms with Crippen LogP contribution in [0.2, 0.25) is 10.0 Å². The first-order valence-corrected chi connectivity index (χ1v) is 19.3. The number of nitrogens with zero attached hydrogens (tertiary/aromatic N) is 3. The number of hydrogen-bond donors (Lipinski definition) is 0. The van der Waals surface area contributed by atoms with Gasteiger partial charge < -0.3 is 19.1 Å². The number of benzene rings is 4. The molecule has 0 radical (unpaired) electrons. The first-order chi connectivity index (χ1) is 26.2. The molecule has 10 heteroatoms. The van der Waals surface area contributed by atoms with Crippen molar-refractivity contribution in [2.24, 2.45) is 0 Å². The maximum absolute atomic E-state index is 13.1. The number of amides is 1. The van der Waals surface area contributed by atoms with Gasteiger partial charge in [-0.2, -0.15) is 0 Å². The fourth-order valence-corrected chi connectivity index (χ4v) is 6.68. The van der Waals surface area contributed by atoms with Gasteiger partial charge in [0.15, 0.2) is 5.75 Å². The maximum atomic E-state index is 13.1. The first kappa shape index (κ1) is 41.6. The summed E-state index contributed by atoms with van der Waals surface area (Å²) in [6, 6.07) is 32.2. The van der Waals surface area contributed by atoms with Crippen LogP contribution in [0.25, 0.3) is 6.08 Å². The van der Waals surface area contributed by atoms with Gasteiger partial charge in [-0.25, -0.2) is 4.98 Å². The van der Waals surface area contributed by atoms with E-state index in [1.165, 1.54) is 16.7 Å². The molecule has 4 aromatic carbocycles. The lowest BCUT2D eigenvalue weighted by atomic mass is 10.0. The molecule has 1 fully saturated rings. The number of aryl methyl sites for hydroxylation is 1. The Kier molecular flexibility index (Phi) is 15.4. The van der Waals surface area contributed by atoms with Crippen LogP contribution in [-0.4, -0.2) is 60.1 Å². The number of carbonyl (C=O) groups excluding carboxylic acids is 1. The smallest absolute Gasteiger partial charge is 0.246 e. The van der Waals surface area contributed by atoms with Crippen LogP contribution in [0.4, 0.5) is 0 Å². The van der Waals surface area contributed by atoms with E-state index in [1.807, 2.05) is 48.2 Å².